The molecule has 0 bridgehead atoms. The Kier molecular flexibility index (Phi) is 7.06. The van der Waals surface area contributed by atoms with Crippen LogP contribution in [0.1, 0.15) is 12.5 Å². The van der Waals surface area contributed by atoms with Crippen molar-refractivity contribution in [3.05, 3.63) is 57.9 Å². The van der Waals surface area contributed by atoms with Crippen molar-refractivity contribution in [1.82, 2.24) is 4.31 Å². The van der Waals surface area contributed by atoms with E-state index in [0.717, 1.165) is 18.2 Å². The van der Waals surface area contributed by atoms with E-state index in [4.69, 9.17) is 9.47 Å². The second-order valence-electron chi connectivity index (χ2n) is 7.12. The van der Waals surface area contributed by atoms with E-state index in [2.05, 4.69) is 5.32 Å². The van der Waals surface area contributed by atoms with Crippen LogP contribution in [0.15, 0.2) is 41.3 Å². The molecule has 0 aromatic heterocycles. The number of nitrogens with zero attached hydrogens (tertiary/aromatic N) is 2. The molecule has 0 saturated carbocycles. The first-order valence-electron chi connectivity index (χ1n) is 9.69. The van der Waals surface area contributed by atoms with Crippen molar-refractivity contribution >= 4 is 27.3 Å². The maximum Gasteiger partial charge on any atom is 0.311 e. The number of nitrogens with one attached hydrogen (secondary N) is 1. The normalized spacial score (nSPS) is 15.7. The number of nitro groups is 1. The number of hydrogen-bond donors (Lipinski definition) is 1. The van der Waals surface area contributed by atoms with Gasteiger partial charge in [-0.15, -0.1) is 0 Å². The Balaban J connectivity index is 1.78. The summed E-state index contributed by atoms with van der Waals surface area (Å²) in [4.78, 5) is 23.0. The Morgan fingerprint density at radius 2 is 1.94 bits per heavy atom. The fraction of sp³-hybridized carbons (Fsp3) is 0.350. The number of benzene rings is 2. The fourth-order valence-electron chi connectivity index (χ4n) is 3.10. The lowest BCUT2D eigenvalue weighted by molar-refractivity contribution is -0.386. The largest absolute Gasteiger partial charge is 0.474 e. The molecule has 1 fully saturated rings. The van der Waals surface area contributed by atoms with Crippen LogP contribution in [0, 0.1) is 22.9 Å². The van der Waals surface area contributed by atoms with E-state index >= 15 is 0 Å². The number of rotatable bonds is 7. The number of hydrogen-bond acceptors (Lipinski definition) is 7. The van der Waals surface area contributed by atoms with Gasteiger partial charge in [0.25, 0.3) is 5.91 Å². The number of sulfonamides is 1. The first-order chi connectivity index (χ1) is 15.1. The van der Waals surface area contributed by atoms with Crippen LogP contribution in [-0.4, -0.2) is 56.0 Å². The molecule has 3 rings (SSSR count). The van der Waals surface area contributed by atoms with Gasteiger partial charge in [0.05, 0.1) is 23.0 Å². The van der Waals surface area contributed by atoms with Gasteiger partial charge in [0.2, 0.25) is 15.8 Å². The van der Waals surface area contributed by atoms with Crippen molar-refractivity contribution < 1.29 is 32.0 Å². The van der Waals surface area contributed by atoms with E-state index < -0.39 is 44.2 Å². The molecular weight excluding hydrogens is 445 g/mol. The zero-order chi connectivity index (χ0) is 23.5. The number of nitro benzene ring substituents is 1. The zero-order valence-corrected chi connectivity index (χ0v) is 18.2. The number of halogens is 1. The van der Waals surface area contributed by atoms with Crippen LogP contribution in [0.25, 0.3) is 0 Å². The molecule has 172 valence electrons. The van der Waals surface area contributed by atoms with Crippen molar-refractivity contribution in [2.75, 3.05) is 31.6 Å². The Bertz CT molecular complexity index is 1130. The highest BCUT2D eigenvalue weighted by atomic mass is 32.2. The molecule has 0 aliphatic carbocycles. The second-order valence-corrected chi connectivity index (χ2v) is 9.02. The second kappa shape index (κ2) is 9.59. The molecule has 1 atom stereocenters. The van der Waals surface area contributed by atoms with Crippen molar-refractivity contribution in [1.29, 1.82) is 0 Å². The predicted molar refractivity (Wildman–Crippen MR) is 113 cm³/mol. The minimum atomic E-state index is -3.79. The van der Waals surface area contributed by atoms with E-state index in [1.165, 1.54) is 23.4 Å². The molecule has 1 amide bonds. The molecular formula is C20H22FN3O7S. The number of carbonyl (C=O) groups is 1. The Hall–Kier alpha value is -3.09. The van der Waals surface area contributed by atoms with Crippen LogP contribution < -0.4 is 10.1 Å². The summed E-state index contributed by atoms with van der Waals surface area (Å²) in [5.74, 6) is -1.84. The van der Waals surface area contributed by atoms with E-state index in [0.29, 0.717) is 18.8 Å². The minimum Gasteiger partial charge on any atom is -0.474 e. The van der Waals surface area contributed by atoms with Gasteiger partial charge < -0.3 is 14.8 Å². The fourth-order valence-corrected chi connectivity index (χ4v) is 4.76. The third-order valence-corrected chi connectivity index (χ3v) is 6.88. The zero-order valence-electron chi connectivity index (χ0n) is 17.4. The lowest BCUT2D eigenvalue weighted by atomic mass is 10.2. The van der Waals surface area contributed by atoms with E-state index in [1.54, 1.807) is 13.0 Å². The summed E-state index contributed by atoms with van der Waals surface area (Å²) in [5, 5.41) is 13.6. The summed E-state index contributed by atoms with van der Waals surface area (Å²) in [6, 6.07) is 7.11. The highest BCUT2D eigenvalue weighted by Gasteiger charge is 2.28. The molecule has 32 heavy (non-hydrogen) atoms. The van der Waals surface area contributed by atoms with Crippen molar-refractivity contribution in [3.63, 3.8) is 0 Å². The Morgan fingerprint density at radius 1 is 1.25 bits per heavy atom. The Labute approximate surface area is 184 Å². The van der Waals surface area contributed by atoms with Gasteiger partial charge in [-0.1, -0.05) is 6.07 Å². The topological polar surface area (TPSA) is 128 Å². The number of anilines is 1. The molecule has 1 saturated heterocycles. The van der Waals surface area contributed by atoms with Crippen LogP contribution in [0.4, 0.5) is 15.8 Å². The molecule has 1 aliphatic heterocycles. The molecule has 10 nitrogen and oxygen atoms in total. The Morgan fingerprint density at radius 3 is 2.59 bits per heavy atom. The maximum atomic E-state index is 13.5. The quantitative estimate of drug-likeness (QED) is 0.489. The van der Waals surface area contributed by atoms with Gasteiger partial charge in [-0.3, -0.25) is 14.9 Å². The molecule has 2 aromatic rings. The summed E-state index contributed by atoms with van der Waals surface area (Å²) < 4.78 is 51.3. The molecule has 1 heterocycles. The smallest absolute Gasteiger partial charge is 0.311 e. The van der Waals surface area contributed by atoms with Gasteiger partial charge in [0.1, 0.15) is 5.82 Å². The predicted octanol–water partition coefficient (Wildman–Crippen LogP) is 2.47. The third kappa shape index (κ3) is 5.21. The maximum absolute atomic E-state index is 13.5. The van der Waals surface area contributed by atoms with E-state index in [-0.39, 0.29) is 23.7 Å². The highest BCUT2D eigenvalue weighted by Crippen LogP contribution is 2.29. The lowest BCUT2D eigenvalue weighted by Crippen LogP contribution is -2.40. The first kappa shape index (κ1) is 23.6. The van der Waals surface area contributed by atoms with Gasteiger partial charge in [-0.25, -0.2) is 12.8 Å². The number of carbonyl (C=O) groups excluding carboxylic acids is 1. The standard InChI is InChI=1S/C20H22FN3O7S/c1-13-3-5-16(12-19(13)32(28,29)23-7-9-30-10-8-23)22-20(25)14(2)31-18-11-15(21)4-6-17(18)24(26)27/h3-6,11-12,14H,7-10H2,1-2H3,(H,22,25). The molecule has 0 spiro atoms. The molecule has 1 N–H and O–H groups in total. The van der Waals surface area contributed by atoms with Crippen molar-refractivity contribution in [2.24, 2.45) is 0 Å². The summed E-state index contributed by atoms with van der Waals surface area (Å²) in [7, 11) is -3.79. The van der Waals surface area contributed by atoms with Gasteiger partial charge in [-0.05, 0) is 37.6 Å². The van der Waals surface area contributed by atoms with Gasteiger partial charge in [0, 0.05) is 30.9 Å². The van der Waals surface area contributed by atoms with Crippen LogP contribution in [0.3, 0.4) is 0 Å². The summed E-state index contributed by atoms with van der Waals surface area (Å²) in [6.07, 6.45) is -1.23. The van der Waals surface area contributed by atoms with Crippen LogP contribution in [0.5, 0.6) is 5.75 Å². The van der Waals surface area contributed by atoms with Gasteiger partial charge in [-0.2, -0.15) is 4.31 Å². The number of morpholine rings is 1. The first-order valence-corrected chi connectivity index (χ1v) is 11.1. The van der Waals surface area contributed by atoms with E-state index in [1.807, 2.05) is 0 Å². The lowest BCUT2D eigenvalue weighted by Gasteiger charge is -2.27. The molecule has 12 heteroatoms. The number of ether oxygens (including phenoxy) is 2. The molecule has 1 aliphatic rings. The van der Waals surface area contributed by atoms with Crippen LogP contribution >= 0.6 is 0 Å². The van der Waals surface area contributed by atoms with Gasteiger partial charge in [0.15, 0.2) is 6.10 Å². The highest BCUT2D eigenvalue weighted by molar-refractivity contribution is 7.89. The molecule has 0 radical (unpaired) electrons. The average Bonchev–Trinajstić information content (AvgIpc) is 2.75. The van der Waals surface area contributed by atoms with Crippen LogP contribution in [0.2, 0.25) is 0 Å². The monoisotopic (exact) mass is 467 g/mol. The summed E-state index contributed by atoms with van der Waals surface area (Å²) in [6.45, 7) is 4.05. The molecule has 1 unspecified atom stereocenters. The van der Waals surface area contributed by atoms with Crippen molar-refractivity contribution in [2.45, 2.75) is 24.8 Å². The number of aryl methyl sites for hydroxylation is 1. The third-order valence-electron chi connectivity index (χ3n) is 4.84. The molecule has 2 aromatic carbocycles. The minimum absolute atomic E-state index is 0.0477. The van der Waals surface area contributed by atoms with E-state index in [9.17, 15) is 27.7 Å². The van der Waals surface area contributed by atoms with Gasteiger partial charge >= 0.3 is 5.69 Å². The number of amides is 1. The van der Waals surface area contributed by atoms with Crippen molar-refractivity contribution in [3.8, 4) is 5.75 Å². The SMILES string of the molecule is Cc1ccc(NC(=O)C(C)Oc2cc(F)ccc2[N+](=O)[O-])cc1S(=O)(=O)N1CCOCC1. The summed E-state index contributed by atoms with van der Waals surface area (Å²) in [5.41, 5.74) is 0.228. The van der Waals surface area contributed by atoms with Crippen LogP contribution in [-0.2, 0) is 19.6 Å². The average molecular weight is 467 g/mol. The summed E-state index contributed by atoms with van der Waals surface area (Å²) >= 11 is 0.